The Labute approximate surface area is 125 Å². The summed E-state index contributed by atoms with van der Waals surface area (Å²) in [4.78, 5) is 39.1. The zero-order valence-electron chi connectivity index (χ0n) is 12.7. The first-order chi connectivity index (χ1) is 9.99. The van der Waals surface area contributed by atoms with Crippen molar-refractivity contribution >= 4 is 17.8 Å². The topological polar surface area (TPSA) is 77.9 Å². The first-order valence-corrected chi connectivity index (χ1v) is 7.82. The smallest absolute Gasteiger partial charge is 0.326 e. The fourth-order valence-electron chi connectivity index (χ4n) is 3.50. The van der Waals surface area contributed by atoms with E-state index in [4.69, 9.17) is 0 Å². The molecule has 6 nitrogen and oxygen atoms in total. The van der Waals surface area contributed by atoms with E-state index in [9.17, 15) is 19.5 Å². The van der Waals surface area contributed by atoms with E-state index in [0.29, 0.717) is 19.5 Å². The Balaban J connectivity index is 2.04. The minimum Gasteiger partial charge on any atom is -0.480 e. The Morgan fingerprint density at radius 2 is 2.00 bits per heavy atom. The number of carboxylic acid groups (broad SMARTS) is 1. The monoisotopic (exact) mass is 296 g/mol. The van der Waals surface area contributed by atoms with Gasteiger partial charge in [0, 0.05) is 25.6 Å². The van der Waals surface area contributed by atoms with Crippen LogP contribution in [0.25, 0.3) is 0 Å². The van der Waals surface area contributed by atoms with Crippen LogP contribution < -0.4 is 0 Å². The van der Waals surface area contributed by atoms with Gasteiger partial charge in [0.1, 0.15) is 6.04 Å². The van der Waals surface area contributed by atoms with Crippen molar-refractivity contribution in [2.24, 2.45) is 5.92 Å². The number of hydrogen-bond acceptors (Lipinski definition) is 3. The molecule has 118 valence electrons. The van der Waals surface area contributed by atoms with Crippen molar-refractivity contribution in [1.82, 2.24) is 9.80 Å². The van der Waals surface area contributed by atoms with Crippen LogP contribution in [-0.4, -0.2) is 57.9 Å². The third-order valence-electron chi connectivity index (χ3n) is 4.71. The maximum atomic E-state index is 12.5. The largest absolute Gasteiger partial charge is 0.480 e. The second-order valence-electron chi connectivity index (χ2n) is 5.95. The predicted octanol–water partition coefficient (Wildman–Crippen LogP) is 1.10. The predicted molar refractivity (Wildman–Crippen MR) is 76.6 cm³/mol. The van der Waals surface area contributed by atoms with Crippen LogP contribution in [0.1, 0.15) is 46.0 Å². The van der Waals surface area contributed by atoms with E-state index in [1.54, 1.807) is 4.90 Å². The van der Waals surface area contributed by atoms with Crippen LogP contribution >= 0.6 is 0 Å². The van der Waals surface area contributed by atoms with Gasteiger partial charge in [-0.1, -0.05) is 13.8 Å². The summed E-state index contributed by atoms with van der Waals surface area (Å²) >= 11 is 0. The Hall–Kier alpha value is -1.59. The molecule has 0 aromatic rings. The molecule has 1 N–H and O–H groups in total. The van der Waals surface area contributed by atoms with E-state index in [0.717, 1.165) is 19.3 Å². The number of rotatable bonds is 5. The highest BCUT2D eigenvalue weighted by Gasteiger charge is 2.42. The lowest BCUT2D eigenvalue weighted by Gasteiger charge is -2.27. The second-order valence-corrected chi connectivity index (χ2v) is 5.95. The normalized spacial score (nSPS) is 26.0. The van der Waals surface area contributed by atoms with E-state index in [2.05, 4.69) is 0 Å². The van der Waals surface area contributed by atoms with E-state index < -0.39 is 12.0 Å². The van der Waals surface area contributed by atoms with Crippen LogP contribution in [0.2, 0.25) is 0 Å². The zero-order chi connectivity index (χ0) is 15.6. The standard InChI is InChI=1S/C15H24N2O4/c1-3-11(4-2)17-9-10(8-13(17)18)14(19)16-7-5-6-12(16)15(20)21/h10-12H,3-9H2,1-2H3,(H,20,21)/t10-,12+/m0/s1. The molecule has 0 aromatic carbocycles. The minimum absolute atomic E-state index is 0.0214. The van der Waals surface area contributed by atoms with Gasteiger partial charge in [0.15, 0.2) is 0 Å². The average Bonchev–Trinajstić information content (AvgIpc) is 3.07. The number of hydrogen-bond donors (Lipinski definition) is 1. The maximum Gasteiger partial charge on any atom is 0.326 e. The van der Waals surface area contributed by atoms with Gasteiger partial charge in [0.05, 0.1) is 5.92 Å². The summed E-state index contributed by atoms with van der Waals surface area (Å²) in [5, 5.41) is 9.17. The molecule has 6 heteroatoms. The molecule has 2 aliphatic rings. The van der Waals surface area contributed by atoms with E-state index in [1.807, 2.05) is 13.8 Å². The van der Waals surface area contributed by atoms with Crippen molar-refractivity contribution in [2.45, 2.75) is 58.0 Å². The average molecular weight is 296 g/mol. The Kier molecular flexibility index (Phi) is 4.85. The summed E-state index contributed by atoms with van der Waals surface area (Å²) in [6.45, 7) is 5.01. The Morgan fingerprint density at radius 1 is 1.33 bits per heavy atom. The fraction of sp³-hybridized carbons (Fsp3) is 0.800. The highest BCUT2D eigenvalue weighted by Crippen LogP contribution is 2.27. The Bertz CT molecular complexity index is 433. The van der Waals surface area contributed by atoms with Gasteiger partial charge in [-0.25, -0.2) is 4.79 Å². The summed E-state index contributed by atoms with van der Waals surface area (Å²) in [5.74, 6) is -1.46. The van der Waals surface area contributed by atoms with Crippen molar-refractivity contribution in [2.75, 3.05) is 13.1 Å². The maximum absolute atomic E-state index is 12.5. The number of carbonyl (C=O) groups is 3. The number of aliphatic carboxylic acids is 1. The molecule has 2 heterocycles. The third kappa shape index (κ3) is 3.04. The third-order valence-corrected chi connectivity index (χ3v) is 4.71. The lowest BCUT2D eigenvalue weighted by molar-refractivity contribution is -0.149. The van der Waals surface area contributed by atoms with E-state index >= 15 is 0 Å². The summed E-state index contributed by atoms with van der Waals surface area (Å²) in [5.41, 5.74) is 0. The van der Waals surface area contributed by atoms with Crippen LogP contribution in [0.5, 0.6) is 0 Å². The first kappa shape index (κ1) is 15.8. The molecule has 0 saturated carbocycles. The molecular weight excluding hydrogens is 272 g/mol. The molecule has 0 spiro atoms. The molecule has 0 aliphatic carbocycles. The number of amides is 2. The number of likely N-dealkylation sites (tertiary alicyclic amines) is 2. The number of carboxylic acids is 1. The van der Waals surface area contributed by atoms with Crippen LogP contribution in [-0.2, 0) is 14.4 Å². The number of nitrogens with zero attached hydrogens (tertiary/aromatic N) is 2. The molecule has 2 rings (SSSR count). The second kappa shape index (κ2) is 6.45. The van der Waals surface area contributed by atoms with Gasteiger partial charge in [-0.2, -0.15) is 0 Å². The zero-order valence-corrected chi connectivity index (χ0v) is 12.7. The molecule has 2 aliphatic heterocycles. The van der Waals surface area contributed by atoms with Gasteiger partial charge in [0.25, 0.3) is 0 Å². The van der Waals surface area contributed by atoms with Crippen molar-refractivity contribution < 1.29 is 19.5 Å². The van der Waals surface area contributed by atoms with Gasteiger partial charge in [-0.15, -0.1) is 0 Å². The molecule has 2 saturated heterocycles. The number of carbonyl (C=O) groups excluding carboxylic acids is 2. The molecule has 2 atom stereocenters. The van der Waals surface area contributed by atoms with Crippen LogP contribution in [0.3, 0.4) is 0 Å². The summed E-state index contributed by atoms with van der Waals surface area (Å²) in [6, 6.07) is -0.529. The van der Waals surface area contributed by atoms with Gasteiger partial charge in [-0.3, -0.25) is 9.59 Å². The molecule has 0 unspecified atom stereocenters. The highest BCUT2D eigenvalue weighted by molar-refractivity contribution is 5.91. The molecular formula is C15H24N2O4. The highest BCUT2D eigenvalue weighted by atomic mass is 16.4. The van der Waals surface area contributed by atoms with E-state index in [1.165, 1.54) is 4.90 Å². The van der Waals surface area contributed by atoms with E-state index in [-0.39, 0.29) is 30.2 Å². The minimum atomic E-state index is -0.943. The SMILES string of the molecule is CCC(CC)N1C[C@@H](C(=O)N2CCC[C@@H]2C(=O)O)CC1=O. The lowest BCUT2D eigenvalue weighted by Crippen LogP contribution is -2.44. The van der Waals surface area contributed by atoms with Gasteiger partial charge < -0.3 is 14.9 Å². The van der Waals surface area contributed by atoms with Gasteiger partial charge in [0.2, 0.25) is 11.8 Å². The Morgan fingerprint density at radius 3 is 2.57 bits per heavy atom. The molecule has 2 fully saturated rings. The van der Waals surface area contributed by atoms with Crippen molar-refractivity contribution in [1.29, 1.82) is 0 Å². The molecule has 2 amide bonds. The fourth-order valence-corrected chi connectivity index (χ4v) is 3.50. The molecule has 21 heavy (non-hydrogen) atoms. The molecule has 0 radical (unpaired) electrons. The summed E-state index contributed by atoms with van der Waals surface area (Å²) in [7, 11) is 0. The molecule has 0 aromatic heterocycles. The van der Waals surface area contributed by atoms with Crippen LogP contribution in [0, 0.1) is 5.92 Å². The quantitative estimate of drug-likeness (QED) is 0.824. The van der Waals surface area contributed by atoms with Crippen LogP contribution in [0.4, 0.5) is 0 Å². The summed E-state index contributed by atoms with van der Waals surface area (Å²) < 4.78 is 0. The van der Waals surface area contributed by atoms with Gasteiger partial charge in [-0.05, 0) is 25.7 Å². The first-order valence-electron chi connectivity index (χ1n) is 7.82. The van der Waals surface area contributed by atoms with Crippen molar-refractivity contribution in [3.63, 3.8) is 0 Å². The van der Waals surface area contributed by atoms with Crippen LogP contribution in [0.15, 0.2) is 0 Å². The van der Waals surface area contributed by atoms with Crippen molar-refractivity contribution in [3.05, 3.63) is 0 Å². The van der Waals surface area contributed by atoms with Crippen molar-refractivity contribution in [3.8, 4) is 0 Å². The summed E-state index contributed by atoms with van der Waals surface area (Å²) in [6.07, 6.45) is 3.21. The lowest BCUT2D eigenvalue weighted by atomic mass is 10.1. The van der Waals surface area contributed by atoms with Gasteiger partial charge >= 0.3 is 5.97 Å². The molecule has 0 bridgehead atoms.